The Balaban J connectivity index is 2.08. The molecule has 0 aliphatic rings. The van der Waals surface area contributed by atoms with E-state index in [9.17, 15) is 4.79 Å². The first-order valence-corrected chi connectivity index (χ1v) is 7.38. The summed E-state index contributed by atoms with van der Waals surface area (Å²) < 4.78 is 0. The van der Waals surface area contributed by atoms with Gasteiger partial charge in [0.1, 0.15) is 4.88 Å². The lowest BCUT2D eigenvalue weighted by atomic mass is 10.0. The summed E-state index contributed by atoms with van der Waals surface area (Å²) in [4.78, 5) is 18.9. The van der Waals surface area contributed by atoms with Crippen molar-refractivity contribution in [3.05, 3.63) is 28.0 Å². The van der Waals surface area contributed by atoms with Crippen molar-refractivity contribution in [2.75, 3.05) is 0 Å². The summed E-state index contributed by atoms with van der Waals surface area (Å²) in [5.74, 6) is 0.221. The Bertz CT molecular complexity index is 576. The number of thiazole rings is 1. The van der Waals surface area contributed by atoms with Gasteiger partial charge in [0.15, 0.2) is 0 Å². The molecule has 2 aromatic rings. The number of rotatable bonds is 5. The van der Waals surface area contributed by atoms with Crippen LogP contribution in [0.2, 0.25) is 0 Å². The first-order valence-electron chi connectivity index (χ1n) is 6.56. The third-order valence-corrected chi connectivity index (χ3v) is 4.13. The maximum atomic E-state index is 12.3. The molecule has 0 saturated heterocycles. The third kappa shape index (κ3) is 3.41. The number of hydrogen-bond acceptors (Lipinski definition) is 5. The molecule has 0 radical (unpaired) electrons. The van der Waals surface area contributed by atoms with Crippen molar-refractivity contribution in [2.45, 2.75) is 40.3 Å². The van der Waals surface area contributed by atoms with E-state index in [1.807, 2.05) is 13.8 Å². The van der Waals surface area contributed by atoms with Crippen molar-refractivity contribution in [1.29, 1.82) is 0 Å². The molecule has 0 aliphatic heterocycles. The van der Waals surface area contributed by atoms with E-state index >= 15 is 0 Å². The smallest absolute Gasteiger partial charge is 0.263 e. The highest BCUT2D eigenvalue weighted by molar-refractivity contribution is 7.13. The van der Waals surface area contributed by atoms with Crippen LogP contribution in [0.4, 0.5) is 0 Å². The molecule has 0 spiro atoms. The highest BCUT2D eigenvalue weighted by Gasteiger charge is 2.21. The fourth-order valence-corrected chi connectivity index (χ4v) is 2.74. The second-order valence-corrected chi connectivity index (χ2v) is 6.26. The average Bonchev–Trinajstić information content (AvgIpc) is 2.97. The fourth-order valence-electron chi connectivity index (χ4n) is 1.91. The number of aryl methyl sites for hydroxylation is 2. The predicted octanol–water partition coefficient (Wildman–Crippen LogP) is 1.81. The number of carbonyl (C=O) groups is 1. The van der Waals surface area contributed by atoms with Gasteiger partial charge < -0.3 is 5.32 Å². The van der Waals surface area contributed by atoms with E-state index in [0.717, 1.165) is 10.7 Å². The number of amides is 1. The van der Waals surface area contributed by atoms with Crippen molar-refractivity contribution >= 4 is 17.2 Å². The summed E-state index contributed by atoms with van der Waals surface area (Å²) in [7, 11) is 0. The van der Waals surface area contributed by atoms with Gasteiger partial charge in [-0.1, -0.05) is 13.8 Å². The second-order valence-electron chi connectivity index (χ2n) is 5.06. The zero-order valence-electron chi connectivity index (χ0n) is 12.1. The van der Waals surface area contributed by atoms with Crippen LogP contribution in [-0.4, -0.2) is 31.9 Å². The predicted molar refractivity (Wildman–Crippen MR) is 77.7 cm³/mol. The molecular weight excluding hydrogens is 274 g/mol. The second kappa shape index (κ2) is 6.13. The van der Waals surface area contributed by atoms with Gasteiger partial charge in [0.25, 0.3) is 5.91 Å². The molecule has 1 amide bonds. The summed E-state index contributed by atoms with van der Waals surface area (Å²) in [6.07, 6.45) is 3.27. The van der Waals surface area contributed by atoms with Crippen molar-refractivity contribution in [2.24, 2.45) is 5.92 Å². The maximum Gasteiger partial charge on any atom is 0.263 e. The molecule has 0 aromatic carbocycles. The van der Waals surface area contributed by atoms with Crippen LogP contribution in [0, 0.1) is 19.8 Å². The molecule has 20 heavy (non-hydrogen) atoms. The Kier molecular flexibility index (Phi) is 4.49. The largest absolute Gasteiger partial charge is 0.346 e. The van der Waals surface area contributed by atoms with Crippen molar-refractivity contribution < 1.29 is 4.79 Å². The van der Waals surface area contributed by atoms with Gasteiger partial charge in [-0.3, -0.25) is 4.79 Å². The summed E-state index contributed by atoms with van der Waals surface area (Å²) in [6.45, 7) is 8.46. The number of nitrogens with one attached hydrogen (secondary N) is 1. The standard InChI is InChI=1S/C13H19N5OS/c1-8(2)11(7-18-14-5-6-15-18)17-13(19)12-9(3)16-10(4)20-12/h5-6,8,11H,7H2,1-4H3,(H,17,19)/t11-/m1/s1. The van der Waals surface area contributed by atoms with E-state index in [2.05, 4.69) is 34.3 Å². The van der Waals surface area contributed by atoms with Crippen LogP contribution in [-0.2, 0) is 6.54 Å². The molecule has 2 aromatic heterocycles. The molecular formula is C13H19N5OS. The monoisotopic (exact) mass is 293 g/mol. The van der Waals surface area contributed by atoms with Gasteiger partial charge in [-0.15, -0.1) is 11.3 Å². The van der Waals surface area contributed by atoms with E-state index in [4.69, 9.17) is 0 Å². The van der Waals surface area contributed by atoms with Crippen molar-refractivity contribution in [3.63, 3.8) is 0 Å². The normalized spacial score (nSPS) is 12.7. The van der Waals surface area contributed by atoms with E-state index in [1.165, 1.54) is 11.3 Å². The van der Waals surface area contributed by atoms with Crippen LogP contribution in [0.15, 0.2) is 12.4 Å². The zero-order valence-corrected chi connectivity index (χ0v) is 12.9. The maximum absolute atomic E-state index is 12.3. The molecule has 0 aliphatic carbocycles. The Morgan fingerprint density at radius 3 is 2.50 bits per heavy atom. The van der Waals surface area contributed by atoms with E-state index in [1.54, 1.807) is 17.2 Å². The molecule has 2 heterocycles. The van der Waals surface area contributed by atoms with E-state index in [0.29, 0.717) is 17.3 Å². The summed E-state index contributed by atoms with van der Waals surface area (Å²) >= 11 is 1.42. The quantitative estimate of drug-likeness (QED) is 0.912. The number of aromatic nitrogens is 4. The Morgan fingerprint density at radius 1 is 1.35 bits per heavy atom. The van der Waals surface area contributed by atoms with Crippen molar-refractivity contribution in [3.8, 4) is 0 Å². The molecule has 1 N–H and O–H groups in total. The molecule has 7 heteroatoms. The molecule has 0 saturated carbocycles. The Labute approximate surface area is 122 Å². The molecule has 108 valence electrons. The lowest BCUT2D eigenvalue weighted by Crippen LogP contribution is -2.42. The van der Waals surface area contributed by atoms with Gasteiger partial charge in [-0.25, -0.2) is 4.98 Å². The van der Waals surface area contributed by atoms with Gasteiger partial charge >= 0.3 is 0 Å². The average molecular weight is 293 g/mol. The molecule has 0 unspecified atom stereocenters. The van der Waals surface area contributed by atoms with Crippen LogP contribution < -0.4 is 5.32 Å². The van der Waals surface area contributed by atoms with Gasteiger partial charge in [-0.05, 0) is 19.8 Å². The number of carbonyl (C=O) groups excluding carboxylic acids is 1. The highest BCUT2D eigenvalue weighted by Crippen LogP contribution is 2.17. The summed E-state index contributed by atoms with van der Waals surface area (Å²) in [6, 6.07) is -0.0169. The fraction of sp³-hybridized carbons (Fsp3) is 0.538. The first kappa shape index (κ1) is 14.6. The summed E-state index contributed by atoms with van der Waals surface area (Å²) in [5.41, 5.74) is 0.782. The van der Waals surface area contributed by atoms with E-state index in [-0.39, 0.29) is 11.9 Å². The summed E-state index contributed by atoms with van der Waals surface area (Å²) in [5, 5.41) is 12.1. The van der Waals surface area contributed by atoms with Crippen LogP contribution in [0.25, 0.3) is 0 Å². The SMILES string of the molecule is Cc1nc(C)c(C(=O)N[C@H](Cn2nccn2)C(C)C)s1. The van der Waals surface area contributed by atoms with Gasteiger partial charge in [-0.2, -0.15) is 15.0 Å². The topological polar surface area (TPSA) is 72.7 Å². The molecule has 6 nitrogen and oxygen atoms in total. The molecule has 2 rings (SSSR count). The Hall–Kier alpha value is -1.76. The minimum atomic E-state index is -0.0704. The molecule has 0 bridgehead atoms. The van der Waals surface area contributed by atoms with Crippen LogP contribution in [0.1, 0.15) is 34.2 Å². The minimum Gasteiger partial charge on any atom is -0.346 e. The first-order chi connectivity index (χ1) is 9.47. The molecule has 0 fully saturated rings. The van der Waals surface area contributed by atoms with E-state index < -0.39 is 0 Å². The Morgan fingerprint density at radius 2 is 2.00 bits per heavy atom. The third-order valence-electron chi connectivity index (χ3n) is 3.06. The van der Waals surface area contributed by atoms with Crippen LogP contribution >= 0.6 is 11.3 Å². The van der Waals surface area contributed by atoms with Gasteiger partial charge in [0.05, 0.1) is 35.7 Å². The minimum absolute atomic E-state index is 0.0169. The van der Waals surface area contributed by atoms with Crippen LogP contribution in [0.3, 0.4) is 0 Å². The lowest BCUT2D eigenvalue weighted by molar-refractivity contribution is 0.0921. The number of nitrogens with zero attached hydrogens (tertiary/aromatic N) is 4. The zero-order chi connectivity index (χ0) is 14.7. The lowest BCUT2D eigenvalue weighted by Gasteiger charge is -2.21. The highest BCUT2D eigenvalue weighted by atomic mass is 32.1. The van der Waals surface area contributed by atoms with Crippen LogP contribution in [0.5, 0.6) is 0 Å². The van der Waals surface area contributed by atoms with Gasteiger partial charge in [0, 0.05) is 0 Å². The van der Waals surface area contributed by atoms with Gasteiger partial charge in [0.2, 0.25) is 0 Å². The molecule has 1 atom stereocenters. The van der Waals surface area contributed by atoms with Crippen molar-refractivity contribution in [1.82, 2.24) is 25.3 Å². The number of hydrogen-bond donors (Lipinski definition) is 1.